The molecule has 0 bridgehead atoms. The van der Waals surface area contributed by atoms with Gasteiger partial charge in [0.1, 0.15) is 5.82 Å². The summed E-state index contributed by atoms with van der Waals surface area (Å²) in [6.07, 6.45) is 0. The second-order valence-electron chi connectivity index (χ2n) is 5.05. The molecule has 21 heavy (non-hydrogen) atoms. The second kappa shape index (κ2) is 6.05. The Labute approximate surface area is 132 Å². The van der Waals surface area contributed by atoms with Gasteiger partial charge in [-0.3, -0.25) is 4.90 Å². The molecule has 0 saturated carbocycles. The Morgan fingerprint density at radius 3 is 2.81 bits per heavy atom. The fourth-order valence-electron chi connectivity index (χ4n) is 2.39. The Bertz CT molecular complexity index is 822. The van der Waals surface area contributed by atoms with Crippen molar-refractivity contribution in [1.82, 2.24) is 9.47 Å². The Balaban J connectivity index is 1.82. The lowest BCUT2D eigenvalue weighted by molar-refractivity contribution is 0.264. The van der Waals surface area contributed by atoms with Gasteiger partial charge in [-0.15, -0.1) is 11.3 Å². The van der Waals surface area contributed by atoms with E-state index >= 15 is 0 Å². The minimum atomic E-state index is -0.196. The van der Waals surface area contributed by atoms with E-state index in [0.717, 1.165) is 15.0 Å². The molecule has 2 aromatic carbocycles. The SMILES string of the molecule is CN(Cc1cccc(F)c1)Cn1c(=S)sc2ccccc21. The molecular weight excluding hydrogens is 303 g/mol. The molecule has 5 heteroatoms. The number of halogens is 1. The van der Waals surface area contributed by atoms with Crippen LogP contribution in [0.4, 0.5) is 4.39 Å². The molecule has 2 nitrogen and oxygen atoms in total. The van der Waals surface area contributed by atoms with Gasteiger partial charge >= 0.3 is 0 Å². The third kappa shape index (κ3) is 3.20. The minimum Gasteiger partial charge on any atom is -0.309 e. The van der Waals surface area contributed by atoms with E-state index in [9.17, 15) is 4.39 Å². The maximum absolute atomic E-state index is 13.2. The smallest absolute Gasteiger partial charge is 0.163 e. The number of fused-ring (bicyclic) bond motifs is 1. The highest BCUT2D eigenvalue weighted by molar-refractivity contribution is 7.73. The van der Waals surface area contributed by atoms with E-state index in [1.54, 1.807) is 23.5 Å². The Morgan fingerprint density at radius 1 is 1.19 bits per heavy atom. The summed E-state index contributed by atoms with van der Waals surface area (Å²) in [6, 6.07) is 14.9. The topological polar surface area (TPSA) is 8.17 Å². The Kier molecular flexibility index (Phi) is 4.14. The van der Waals surface area contributed by atoms with Crippen molar-refractivity contribution in [3.05, 3.63) is 63.9 Å². The van der Waals surface area contributed by atoms with E-state index < -0.39 is 0 Å². The third-order valence-electron chi connectivity index (χ3n) is 3.30. The molecule has 108 valence electrons. The summed E-state index contributed by atoms with van der Waals surface area (Å²) in [6.45, 7) is 1.38. The van der Waals surface area contributed by atoms with Crippen LogP contribution in [-0.4, -0.2) is 16.5 Å². The van der Waals surface area contributed by atoms with E-state index in [2.05, 4.69) is 21.6 Å². The number of rotatable bonds is 4. The average molecular weight is 318 g/mol. The van der Waals surface area contributed by atoms with Gasteiger partial charge in [0.25, 0.3) is 0 Å². The summed E-state index contributed by atoms with van der Waals surface area (Å²) >= 11 is 7.07. The summed E-state index contributed by atoms with van der Waals surface area (Å²) in [7, 11) is 2.01. The molecule has 0 radical (unpaired) electrons. The first-order valence-corrected chi connectivity index (χ1v) is 7.87. The van der Waals surface area contributed by atoms with E-state index in [0.29, 0.717) is 13.2 Å². The summed E-state index contributed by atoms with van der Waals surface area (Å²) in [5.41, 5.74) is 2.11. The number of hydrogen-bond donors (Lipinski definition) is 0. The zero-order chi connectivity index (χ0) is 14.8. The van der Waals surface area contributed by atoms with Crippen molar-refractivity contribution in [2.24, 2.45) is 0 Å². The first-order chi connectivity index (χ1) is 10.1. The van der Waals surface area contributed by atoms with Gasteiger partial charge in [-0.05, 0) is 49.1 Å². The lowest BCUT2D eigenvalue weighted by Gasteiger charge is -2.18. The molecule has 3 aromatic rings. The number of para-hydroxylation sites is 1. The van der Waals surface area contributed by atoms with Crippen molar-refractivity contribution in [3.63, 3.8) is 0 Å². The molecule has 0 fully saturated rings. The van der Waals surface area contributed by atoms with Crippen LogP contribution in [0, 0.1) is 9.77 Å². The van der Waals surface area contributed by atoms with Crippen LogP contribution in [0.15, 0.2) is 48.5 Å². The third-order valence-corrected chi connectivity index (χ3v) is 4.73. The predicted octanol–water partition coefficient (Wildman–Crippen LogP) is 4.66. The van der Waals surface area contributed by atoms with Crippen molar-refractivity contribution in [3.8, 4) is 0 Å². The van der Waals surface area contributed by atoms with Crippen LogP contribution < -0.4 is 0 Å². The van der Waals surface area contributed by atoms with Crippen molar-refractivity contribution >= 4 is 33.8 Å². The van der Waals surface area contributed by atoms with Crippen molar-refractivity contribution in [2.45, 2.75) is 13.2 Å². The van der Waals surface area contributed by atoms with Gasteiger partial charge in [-0.1, -0.05) is 24.3 Å². The van der Waals surface area contributed by atoms with E-state index in [-0.39, 0.29) is 5.82 Å². The van der Waals surface area contributed by atoms with Crippen LogP contribution >= 0.6 is 23.6 Å². The molecule has 0 aliphatic heterocycles. The number of aromatic nitrogens is 1. The Hall–Kier alpha value is -1.56. The molecule has 0 spiro atoms. The summed E-state index contributed by atoms with van der Waals surface area (Å²) in [5.74, 6) is -0.196. The lowest BCUT2D eigenvalue weighted by atomic mass is 10.2. The highest BCUT2D eigenvalue weighted by Crippen LogP contribution is 2.23. The molecule has 1 heterocycles. The first-order valence-electron chi connectivity index (χ1n) is 6.65. The number of hydrogen-bond acceptors (Lipinski definition) is 3. The summed E-state index contributed by atoms with van der Waals surface area (Å²) in [4.78, 5) is 2.13. The van der Waals surface area contributed by atoms with Crippen molar-refractivity contribution in [1.29, 1.82) is 0 Å². The lowest BCUT2D eigenvalue weighted by Crippen LogP contribution is -2.21. The predicted molar refractivity (Wildman–Crippen MR) is 88.5 cm³/mol. The number of benzene rings is 2. The molecule has 0 saturated heterocycles. The van der Waals surface area contributed by atoms with Gasteiger partial charge in [-0.2, -0.15) is 0 Å². The average Bonchev–Trinajstić information content (AvgIpc) is 2.75. The molecule has 0 aliphatic carbocycles. The Morgan fingerprint density at radius 2 is 2.00 bits per heavy atom. The zero-order valence-electron chi connectivity index (χ0n) is 11.6. The maximum Gasteiger partial charge on any atom is 0.163 e. The number of nitrogens with zero attached hydrogens (tertiary/aromatic N) is 2. The summed E-state index contributed by atoms with van der Waals surface area (Å²) in [5, 5.41) is 0. The van der Waals surface area contributed by atoms with Crippen LogP contribution in [0.2, 0.25) is 0 Å². The monoisotopic (exact) mass is 318 g/mol. The van der Waals surface area contributed by atoms with Gasteiger partial charge in [0.2, 0.25) is 0 Å². The molecule has 1 aromatic heterocycles. The molecule has 0 atom stereocenters. The fraction of sp³-hybridized carbons (Fsp3) is 0.188. The molecule has 0 amide bonds. The van der Waals surface area contributed by atoms with Crippen LogP contribution in [0.1, 0.15) is 5.56 Å². The largest absolute Gasteiger partial charge is 0.309 e. The minimum absolute atomic E-state index is 0.196. The van der Waals surface area contributed by atoms with Gasteiger partial charge < -0.3 is 4.57 Å². The molecule has 3 rings (SSSR count). The van der Waals surface area contributed by atoms with E-state index in [4.69, 9.17) is 12.2 Å². The van der Waals surface area contributed by atoms with E-state index in [1.807, 2.05) is 25.2 Å². The van der Waals surface area contributed by atoms with Crippen molar-refractivity contribution in [2.75, 3.05) is 7.05 Å². The highest BCUT2D eigenvalue weighted by Gasteiger charge is 2.07. The van der Waals surface area contributed by atoms with Gasteiger partial charge in [0.05, 0.1) is 16.9 Å². The normalized spacial score (nSPS) is 11.4. The van der Waals surface area contributed by atoms with Gasteiger partial charge in [-0.25, -0.2) is 4.39 Å². The molecular formula is C16H15FN2S2. The van der Waals surface area contributed by atoms with Crippen LogP contribution in [0.3, 0.4) is 0 Å². The fourth-order valence-corrected chi connectivity index (χ4v) is 3.70. The molecule has 0 N–H and O–H groups in total. The van der Waals surface area contributed by atoms with Crippen molar-refractivity contribution < 1.29 is 4.39 Å². The van der Waals surface area contributed by atoms with Crippen LogP contribution in [-0.2, 0) is 13.2 Å². The van der Waals surface area contributed by atoms with Gasteiger partial charge in [0.15, 0.2) is 3.95 Å². The molecule has 0 aliphatic rings. The van der Waals surface area contributed by atoms with Gasteiger partial charge in [0, 0.05) is 6.54 Å². The second-order valence-corrected chi connectivity index (χ2v) is 6.73. The summed E-state index contributed by atoms with van der Waals surface area (Å²) < 4.78 is 17.4. The number of thiazole rings is 1. The van der Waals surface area contributed by atoms with Crippen LogP contribution in [0.25, 0.3) is 10.2 Å². The maximum atomic E-state index is 13.2. The standard InChI is InChI=1S/C16H15FN2S2/c1-18(10-12-5-4-6-13(17)9-12)11-19-14-7-2-3-8-15(14)21-16(19)20/h2-9H,10-11H2,1H3. The highest BCUT2D eigenvalue weighted by atomic mass is 32.1. The van der Waals surface area contributed by atoms with E-state index in [1.165, 1.54) is 10.8 Å². The first kappa shape index (κ1) is 14.4. The molecule has 0 unspecified atom stereocenters. The quantitative estimate of drug-likeness (QED) is 0.646. The zero-order valence-corrected chi connectivity index (χ0v) is 13.3. The van der Waals surface area contributed by atoms with Crippen LogP contribution in [0.5, 0.6) is 0 Å².